The Kier molecular flexibility index (Phi) is 4.90. The van der Waals surface area contributed by atoms with E-state index in [1.165, 1.54) is 44.9 Å². The highest BCUT2D eigenvalue weighted by Crippen LogP contribution is 2.58. The van der Waals surface area contributed by atoms with Crippen LogP contribution in [0.15, 0.2) is 0 Å². The molecule has 0 bridgehead atoms. The Hall–Kier alpha value is 0.137. The van der Waals surface area contributed by atoms with Crippen LogP contribution in [0.2, 0.25) is 5.04 Å². The molecule has 0 aromatic rings. The second kappa shape index (κ2) is 6.06. The van der Waals surface area contributed by atoms with Gasteiger partial charge in [0.05, 0.1) is 0 Å². The first-order chi connectivity index (χ1) is 8.62. The van der Waals surface area contributed by atoms with E-state index in [0.717, 1.165) is 17.8 Å². The second-order valence-corrected chi connectivity index (χ2v) is 9.61. The monoisotopic (exact) mass is 270 g/mol. The molecule has 2 aliphatic rings. The Morgan fingerprint density at radius 3 is 1.83 bits per heavy atom. The van der Waals surface area contributed by atoms with Crippen LogP contribution in [0.1, 0.15) is 58.8 Å². The molecule has 0 aromatic carbocycles. The third-order valence-corrected chi connectivity index (χ3v) is 8.27. The van der Waals surface area contributed by atoms with Gasteiger partial charge in [0, 0.05) is 19.3 Å². The van der Waals surface area contributed by atoms with Gasteiger partial charge in [-0.05, 0) is 49.9 Å². The summed E-state index contributed by atoms with van der Waals surface area (Å²) in [5.74, 6) is 2.63. The third-order valence-electron chi connectivity index (χ3n) is 5.42. The molecule has 2 nitrogen and oxygen atoms in total. The van der Waals surface area contributed by atoms with Crippen molar-refractivity contribution >= 4 is 9.28 Å². The zero-order valence-corrected chi connectivity index (χ0v) is 13.7. The van der Waals surface area contributed by atoms with Crippen LogP contribution in [0.4, 0.5) is 0 Å². The van der Waals surface area contributed by atoms with E-state index >= 15 is 0 Å². The van der Waals surface area contributed by atoms with Crippen LogP contribution in [-0.4, -0.2) is 23.5 Å². The summed E-state index contributed by atoms with van der Waals surface area (Å²) in [4.78, 5) is 0. The quantitative estimate of drug-likeness (QED) is 0.722. The molecule has 2 aliphatic carbocycles. The van der Waals surface area contributed by atoms with Crippen molar-refractivity contribution in [2.75, 3.05) is 14.2 Å². The van der Waals surface area contributed by atoms with Gasteiger partial charge in [0.25, 0.3) is 0 Å². The van der Waals surface area contributed by atoms with Crippen molar-refractivity contribution in [1.82, 2.24) is 0 Å². The lowest BCUT2D eigenvalue weighted by Crippen LogP contribution is -2.43. The highest BCUT2D eigenvalue weighted by molar-refractivity contribution is 6.48. The van der Waals surface area contributed by atoms with Crippen molar-refractivity contribution < 1.29 is 8.85 Å². The van der Waals surface area contributed by atoms with Crippen molar-refractivity contribution in [3.8, 4) is 0 Å². The van der Waals surface area contributed by atoms with Gasteiger partial charge in [0.15, 0.2) is 0 Å². The van der Waals surface area contributed by atoms with Crippen molar-refractivity contribution in [2.24, 2.45) is 17.8 Å². The van der Waals surface area contributed by atoms with E-state index < -0.39 is 9.28 Å². The van der Waals surface area contributed by atoms with Gasteiger partial charge in [0.1, 0.15) is 0 Å². The Labute approximate surface area is 114 Å². The molecule has 0 aliphatic heterocycles. The van der Waals surface area contributed by atoms with Crippen LogP contribution >= 0.6 is 0 Å². The first-order valence-corrected chi connectivity index (χ1v) is 9.20. The number of hydrogen-bond donors (Lipinski definition) is 0. The predicted octanol–water partition coefficient (Wildman–Crippen LogP) is 3.89. The van der Waals surface area contributed by atoms with E-state index in [0.29, 0.717) is 5.04 Å². The number of hydrogen-bond acceptors (Lipinski definition) is 2. The Morgan fingerprint density at radius 1 is 0.889 bits per heavy atom. The van der Waals surface area contributed by atoms with Gasteiger partial charge in [-0.25, -0.2) is 0 Å². The standard InChI is InChI=1S/C15H30O2Si/c1-12-9-13(2)11-14(10-12)15(7-5-6-8-15)18(16-3)17-4/h12-14,18H,5-11H2,1-4H3. The largest absolute Gasteiger partial charge is 0.400 e. The van der Waals surface area contributed by atoms with Gasteiger partial charge in [-0.15, -0.1) is 0 Å². The highest BCUT2D eigenvalue weighted by Gasteiger charge is 2.51. The normalized spacial score (nSPS) is 36.2. The molecule has 106 valence electrons. The maximum Gasteiger partial charge on any atom is 0.327 e. The molecule has 2 rings (SSSR count). The fourth-order valence-electron chi connectivity index (χ4n) is 4.85. The molecule has 2 fully saturated rings. The summed E-state index contributed by atoms with van der Waals surface area (Å²) < 4.78 is 11.7. The topological polar surface area (TPSA) is 18.5 Å². The van der Waals surface area contributed by atoms with Crippen LogP contribution in [0.3, 0.4) is 0 Å². The Morgan fingerprint density at radius 2 is 1.39 bits per heavy atom. The van der Waals surface area contributed by atoms with Crippen LogP contribution in [0.25, 0.3) is 0 Å². The molecule has 2 saturated carbocycles. The first-order valence-electron chi connectivity index (χ1n) is 7.68. The van der Waals surface area contributed by atoms with Gasteiger partial charge in [-0.1, -0.05) is 26.7 Å². The summed E-state index contributed by atoms with van der Waals surface area (Å²) in [5.41, 5.74) is 0. The van der Waals surface area contributed by atoms with Crippen LogP contribution in [0.5, 0.6) is 0 Å². The fraction of sp³-hybridized carbons (Fsp3) is 1.00. The number of rotatable bonds is 4. The minimum Gasteiger partial charge on any atom is -0.400 e. The summed E-state index contributed by atoms with van der Waals surface area (Å²) in [6.45, 7) is 4.86. The molecular weight excluding hydrogens is 240 g/mol. The van der Waals surface area contributed by atoms with E-state index in [-0.39, 0.29) is 0 Å². The maximum absolute atomic E-state index is 5.83. The van der Waals surface area contributed by atoms with Gasteiger partial charge >= 0.3 is 9.28 Å². The average Bonchev–Trinajstić information content (AvgIpc) is 2.80. The van der Waals surface area contributed by atoms with Gasteiger partial charge in [-0.2, -0.15) is 0 Å². The van der Waals surface area contributed by atoms with E-state index in [1.54, 1.807) is 0 Å². The highest BCUT2D eigenvalue weighted by atomic mass is 28.3. The SMILES string of the molecule is CO[SiH](OC)C1(C2CC(C)CC(C)C2)CCCC1. The molecule has 0 N–H and O–H groups in total. The summed E-state index contributed by atoms with van der Waals surface area (Å²) in [5, 5.41) is 0.437. The summed E-state index contributed by atoms with van der Waals surface area (Å²) in [7, 11) is 2.23. The Bertz CT molecular complexity index is 249. The molecule has 0 radical (unpaired) electrons. The molecular formula is C15H30O2Si. The van der Waals surface area contributed by atoms with E-state index in [1.807, 2.05) is 14.2 Å². The van der Waals surface area contributed by atoms with Crippen molar-refractivity contribution in [2.45, 2.75) is 63.8 Å². The molecule has 2 atom stereocenters. The molecule has 3 heteroatoms. The molecule has 0 amide bonds. The van der Waals surface area contributed by atoms with E-state index in [2.05, 4.69) is 13.8 Å². The van der Waals surface area contributed by atoms with Crippen LogP contribution < -0.4 is 0 Å². The minimum absolute atomic E-state index is 0.437. The molecule has 0 heterocycles. The van der Waals surface area contributed by atoms with E-state index in [4.69, 9.17) is 8.85 Å². The second-order valence-electron chi connectivity index (χ2n) is 6.86. The fourth-order valence-corrected chi connectivity index (χ4v) is 7.52. The Balaban J connectivity index is 2.18. The molecule has 2 unspecified atom stereocenters. The molecule has 0 saturated heterocycles. The first kappa shape index (κ1) is 14.5. The van der Waals surface area contributed by atoms with Crippen molar-refractivity contribution in [3.63, 3.8) is 0 Å². The smallest absolute Gasteiger partial charge is 0.327 e. The summed E-state index contributed by atoms with van der Waals surface area (Å²) >= 11 is 0. The third kappa shape index (κ3) is 2.68. The summed E-state index contributed by atoms with van der Waals surface area (Å²) in [6.07, 6.45) is 9.70. The van der Waals surface area contributed by atoms with Crippen LogP contribution in [-0.2, 0) is 8.85 Å². The molecule has 0 aromatic heterocycles. The van der Waals surface area contributed by atoms with Crippen molar-refractivity contribution in [3.05, 3.63) is 0 Å². The minimum atomic E-state index is -1.51. The van der Waals surface area contributed by atoms with Crippen molar-refractivity contribution in [1.29, 1.82) is 0 Å². The zero-order chi connectivity index (χ0) is 13.2. The zero-order valence-electron chi connectivity index (χ0n) is 12.6. The lowest BCUT2D eigenvalue weighted by atomic mass is 9.70. The van der Waals surface area contributed by atoms with Crippen LogP contribution in [0, 0.1) is 17.8 Å². The van der Waals surface area contributed by atoms with E-state index in [9.17, 15) is 0 Å². The maximum atomic E-state index is 5.83. The van der Waals surface area contributed by atoms with Gasteiger partial charge in [0.2, 0.25) is 0 Å². The predicted molar refractivity (Wildman–Crippen MR) is 78.0 cm³/mol. The summed E-state index contributed by atoms with van der Waals surface area (Å²) in [6, 6.07) is 0. The molecule has 18 heavy (non-hydrogen) atoms. The van der Waals surface area contributed by atoms with Gasteiger partial charge in [-0.3, -0.25) is 0 Å². The average molecular weight is 270 g/mol. The lowest BCUT2D eigenvalue weighted by molar-refractivity contribution is 0.132. The van der Waals surface area contributed by atoms with Gasteiger partial charge < -0.3 is 8.85 Å². The molecule has 0 spiro atoms. The lowest BCUT2D eigenvalue weighted by Gasteiger charge is -2.45.